The van der Waals surface area contributed by atoms with Gasteiger partial charge < -0.3 is 5.32 Å². The predicted molar refractivity (Wildman–Crippen MR) is 74.8 cm³/mol. The summed E-state index contributed by atoms with van der Waals surface area (Å²) < 4.78 is 52.9. The van der Waals surface area contributed by atoms with Crippen LogP contribution in [0.4, 0.5) is 17.6 Å². The van der Waals surface area contributed by atoms with Crippen LogP contribution in [0.1, 0.15) is 54.4 Å². The van der Waals surface area contributed by atoms with Gasteiger partial charge in [-0.05, 0) is 37.8 Å². The fourth-order valence-electron chi connectivity index (χ4n) is 2.58. The van der Waals surface area contributed by atoms with Crippen LogP contribution in [0, 0.1) is 5.92 Å². The number of amides is 1. The van der Waals surface area contributed by atoms with Crippen LogP contribution in [0.5, 0.6) is 0 Å². The van der Waals surface area contributed by atoms with E-state index in [4.69, 9.17) is 0 Å². The number of hydrogen-bond acceptors (Lipinski definition) is 2. The number of rotatable bonds is 5. The van der Waals surface area contributed by atoms with Crippen molar-refractivity contribution in [1.82, 2.24) is 14.7 Å². The molecule has 1 aliphatic carbocycles. The first kappa shape index (κ1) is 15.8. The second kappa shape index (κ2) is 5.82. The minimum absolute atomic E-state index is 0.0156. The molecular formula is C15H15F4N3O. The Bertz CT molecular complexity index is 740. The highest BCUT2D eigenvalue weighted by atomic mass is 19.3. The monoisotopic (exact) mass is 329 g/mol. The summed E-state index contributed by atoms with van der Waals surface area (Å²) in [6.45, 7) is 1.86. The second-order valence-corrected chi connectivity index (χ2v) is 5.73. The topological polar surface area (TPSA) is 46.4 Å². The summed E-state index contributed by atoms with van der Waals surface area (Å²) in [4.78, 5) is 16.0. The van der Waals surface area contributed by atoms with Gasteiger partial charge in [0.05, 0.1) is 11.3 Å². The van der Waals surface area contributed by atoms with Gasteiger partial charge in [-0.15, -0.1) is 0 Å². The third kappa shape index (κ3) is 3.02. The molecule has 23 heavy (non-hydrogen) atoms. The molecule has 4 nitrogen and oxygen atoms in total. The predicted octanol–water partition coefficient (Wildman–Crippen LogP) is 3.74. The number of carbonyl (C=O) groups is 1. The Kier molecular flexibility index (Phi) is 3.99. The SMILES string of the molecule is C[C@H](NC(=O)c1ccn2c(C(F)F)cc(C(F)F)nc12)C1CC1. The van der Waals surface area contributed by atoms with E-state index < -0.39 is 30.1 Å². The van der Waals surface area contributed by atoms with Crippen molar-refractivity contribution < 1.29 is 22.4 Å². The number of halogens is 4. The quantitative estimate of drug-likeness (QED) is 0.850. The van der Waals surface area contributed by atoms with E-state index in [1.54, 1.807) is 0 Å². The third-order valence-corrected chi connectivity index (χ3v) is 4.05. The highest BCUT2D eigenvalue weighted by Crippen LogP contribution is 2.32. The zero-order chi connectivity index (χ0) is 16.7. The summed E-state index contributed by atoms with van der Waals surface area (Å²) in [5.74, 6) is -0.0833. The maximum Gasteiger partial charge on any atom is 0.280 e. The minimum atomic E-state index is -2.99. The molecule has 1 N–H and O–H groups in total. The fraction of sp³-hybridized carbons (Fsp3) is 0.467. The molecule has 3 rings (SSSR count). The molecule has 1 aliphatic rings. The Morgan fingerprint density at radius 3 is 2.57 bits per heavy atom. The van der Waals surface area contributed by atoms with Gasteiger partial charge in [-0.2, -0.15) is 0 Å². The molecule has 124 valence electrons. The van der Waals surface area contributed by atoms with Crippen LogP contribution in [0.2, 0.25) is 0 Å². The van der Waals surface area contributed by atoms with Gasteiger partial charge in [0.1, 0.15) is 11.3 Å². The first-order valence-corrected chi connectivity index (χ1v) is 7.27. The second-order valence-electron chi connectivity index (χ2n) is 5.73. The van der Waals surface area contributed by atoms with E-state index >= 15 is 0 Å². The molecule has 2 heterocycles. The normalized spacial score (nSPS) is 16.3. The van der Waals surface area contributed by atoms with Crippen LogP contribution >= 0.6 is 0 Å². The summed E-state index contributed by atoms with van der Waals surface area (Å²) in [6.07, 6.45) is -2.64. The van der Waals surface area contributed by atoms with Gasteiger partial charge in [-0.25, -0.2) is 22.5 Å². The Morgan fingerprint density at radius 1 is 1.30 bits per heavy atom. The first-order valence-electron chi connectivity index (χ1n) is 7.27. The number of carbonyl (C=O) groups excluding carboxylic acids is 1. The zero-order valence-corrected chi connectivity index (χ0v) is 12.3. The zero-order valence-electron chi connectivity index (χ0n) is 12.3. The van der Waals surface area contributed by atoms with Gasteiger partial charge in [0.2, 0.25) is 0 Å². The molecule has 1 amide bonds. The molecule has 2 aromatic heterocycles. The van der Waals surface area contributed by atoms with E-state index in [2.05, 4.69) is 10.3 Å². The Balaban J connectivity index is 2.02. The average Bonchev–Trinajstić information content (AvgIpc) is 3.25. The molecule has 0 saturated heterocycles. The van der Waals surface area contributed by atoms with Crippen LogP contribution in [0.3, 0.4) is 0 Å². The molecule has 0 radical (unpaired) electrons. The van der Waals surface area contributed by atoms with Gasteiger partial charge in [0.25, 0.3) is 18.8 Å². The summed E-state index contributed by atoms with van der Waals surface area (Å²) in [5, 5.41) is 2.77. The number of hydrogen-bond donors (Lipinski definition) is 1. The van der Waals surface area contributed by atoms with Gasteiger partial charge in [0.15, 0.2) is 0 Å². The van der Waals surface area contributed by atoms with Gasteiger partial charge in [-0.3, -0.25) is 9.20 Å². The van der Waals surface area contributed by atoms with Crippen LogP contribution in [-0.2, 0) is 0 Å². The van der Waals surface area contributed by atoms with Gasteiger partial charge in [-0.1, -0.05) is 0 Å². The number of alkyl halides is 4. The minimum Gasteiger partial charge on any atom is -0.349 e. The van der Waals surface area contributed by atoms with Crippen molar-refractivity contribution in [3.05, 3.63) is 35.3 Å². The smallest absolute Gasteiger partial charge is 0.280 e. The highest BCUT2D eigenvalue weighted by Gasteiger charge is 2.30. The van der Waals surface area contributed by atoms with E-state index in [1.807, 2.05) is 6.92 Å². The number of fused-ring (bicyclic) bond motifs is 1. The first-order chi connectivity index (χ1) is 10.9. The average molecular weight is 329 g/mol. The van der Waals surface area contributed by atoms with E-state index in [1.165, 1.54) is 12.3 Å². The Labute approximate surface area is 129 Å². The van der Waals surface area contributed by atoms with Crippen LogP contribution in [0.15, 0.2) is 18.3 Å². The molecule has 2 aromatic rings. The molecule has 1 saturated carbocycles. The molecule has 0 bridgehead atoms. The molecule has 0 aliphatic heterocycles. The standard InChI is InChI=1S/C15H15F4N3O/c1-7(8-2-3-8)20-15(23)9-4-5-22-11(13(18)19)6-10(12(16)17)21-14(9)22/h4-8,12-13H,2-3H2,1H3,(H,20,23)/t7-/m0/s1. The van der Waals surface area contributed by atoms with Gasteiger partial charge >= 0.3 is 0 Å². The maximum absolute atomic E-state index is 13.1. The summed E-state index contributed by atoms with van der Waals surface area (Å²) in [6, 6.07) is 1.93. The Hall–Kier alpha value is -2.12. The molecular weight excluding hydrogens is 314 g/mol. The van der Waals surface area contributed by atoms with Crippen molar-refractivity contribution in [1.29, 1.82) is 0 Å². The highest BCUT2D eigenvalue weighted by molar-refractivity contribution is 6.00. The Morgan fingerprint density at radius 2 is 2.00 bits per heavy atom. The lowest BCUT2D eigenvalue weighted by atomic mass is 10.2. The van der Waals surface area contributed by atoms with Gasteiger partial charge in [0, 0.05) is 12.2 Å². The number of aromatic nitrogens is 2. The van der Waals surface area contributed by atoms with Crippen molar-refractivity contribution in [2.45, 2.75) is 38.7 Å². The van der Waals surface area contributed by atoms with Crippen LogP contribution < -0.4 is 5.32 Å². The van der Waals surface area contributed by atoms with E-state index in [9.17, 15) is 22.4 Å². The molecule has 8 heteroatoms. The number of nitrogens with one attached hydrogen (secondary N) is 1. The molecule has 0 unspecified atom stereocenters. The third-order valence-electron chi connectivity index (χ3n) is 4.05. The lowest BCUT2D eigenvalue weighted by Crippen LogP contribution is -2.34. The van der Waals surface area contributed by atoms with Crippen molar-refractivity contribution in [2.75, 3.05) is 0 Å². The lowest BCUT2D eigenvalue weighted by Gasteiger charge is -2.13. The largest absolute Gasteiger partial charge is 0.349 e. The lowest BCUT2D eigenvalue weighted by molar-refractivity contribution is 0.0936. The maximum atomic E-state index is 13.1. The number of nitrogens with zero attached hydrogens (tertiary/aromatic N) is 2. The molecule has 0 spiro atoms. The molecule has 0 aromatic carbocycles. The summed E-state index contributed by atoms with van der Waals surface area (Å²) >= 11 is 0. The molecule has 1 atom stereocenters. The van der Waals surface area contributed by atoms with E-state index in [0.29, 0.717) is 12.0 Å². The van der Waals surface area contributed by atoms with Crippen molar-refractivity contribution in [2.24, 2.45) is 5.92 Å². The van der Waals surface area contributed by atoms with Crippen molar-refractivity contribution in [3.63, 3.8) is 0 Å². The molecule has 1 fully saturated rings. The summed E-state index contributed by atoms with van der Waals surface area (Å²) in [5.41, 5.74) is -1.55. The van der Waals surface area contributed by atoms with Crippen molar-refractivity contribution >= 4 is 11.6 Å². The fourth-order valence-corrected chi connectivity index (χ4v) is 2.58. The van der Waals surface area contributed by atoms with Crippen LogP contribution in [-0.4, -0.2) is 21.3 Å². The summed E-state index contributed by atoms with van der Waals surface area (Å²) in [7, 11) is 0. The van der Waals surface area contributed by atoms with E-state index in [0.717, 1.165) is 17.2 Å². The van der Waals surface area contributed by atoms with Crippen molar-refractivity contribution in [3.8, 4) is 0 Å². The van der Waals surface area contributed by atoms with E-state index in [-0.39, 0.29) is 17.3 Å². The van der Waals surface area contributed by atoms with Crippen LogP contribution in [0.25, 0.3) is 5.65 Å².